The van der Waals surface area contributed by atoms with Crippen LogP contribution in [0.15, 0.2) is 8.68 Å². The lowest BCUT2D eigenvalue weighted by molar-refractivity contribution is 0.184. The van der Waals surface area contributed by atoms with Gasteiger partial charge >= 0.3 is 0 Å². The SMILES string of the molecule is CCCCCCCCCCCCCCCCC(O)CSc1nnc(SCC(O)CCCCCCCCCCCCCCCC)s1. The van der Waals surface area contributed by atoms with Gasteiger partial charge in [-0.3, -0.25) is 0 Å². The summed E-state index contributed by atoms with van der Waals surface area (Å²) >= 11 is 4.84. The molecule has 0 aliphatic carbocycles. The standard InChI is InChI=1S/C38H74N2O2S3/c1-3-5-7-9-11-13-15-17-19-21-23-25-27-29-31-35(41)33-43-37-39-40-38(45-37)44-34-36(42)32-30-28-26-24-22-20-18-16-14-12-10-8-6-4-2/h35-36,41-42H,3-34H2,1-2H3. The van der Waals surface area contributed by atoms with Gasteiger partial charge in [0.25, 0.3) is 0 Å². The number of thioether (sulfide) groups is 2. The summed E-state index contributed by atoms with van der Waals surface area (Å²) < 4.78 is 1.86. The van der Waals surface area contributed by atoms with E-state index in [1.165, 1.54) is 167 Å². The second-order valence-electron chi connectivity index (χ2n) is 13.5. The monoisotopic (exact) mass is 686 g/mol. The fraction of sp³-hybridized carbons (Fsp3) is 0.947. The molecule has 2 N–H and O–H groups in total. The van der Waals surface area contributed by atoms with E-state index in [1.807, 2.05) is 0 Å². The Balaban J connectivity index is 1.89. The van der Waals surface area contributed by atoms with Gasteiger partial charge in [0.2, 0.25) is 0 Å². The van der Waals surface area contributed by atoms with Crippen molar-refractivity contribution in [2.75, 3.05) is 11.5 Å². The molecular weight excluding hydrogens is 613 g/mol. The van der Waals surface area contributed by atoms with Crippen molar-refractivity contribution >= 4 is 34.9 Å². The molecule has 266 valence electrons. The van der Waals surface area contributed by atoms with Crippen LogP contribution in [0.2, 0.25) is 0 Å². The predicted octanol–water partition coefficient (Wildman–Crippen LogP) is 13.2. The van der Waals surface area contributed by atoms with Gasteiger partial charge in [0, 0.05) is 11.5 Å². The molecule has 1 heterocycles. The fourth-order valence-electron chi connectivity index (χ4n) is 5.96. The number of nitrogens with zero attached hydrogens (tertiary/aromatic N) is 2. The second-order valence-corrected chi connectivity index (χ2v) is 17.0. The van der Waals surface area contributed by atoms with E-state index in [-0.39, 0.29) is 12.2 Å². The summed E-state index contributed by atoms with van der Waals surface area (Å²) in [5.41, 5.74) is 0. The molecule has 0 radical (unpaired) electrons. The topological polar surface area (TPSA) is 66.2 Å². The number of aromatic nitrogens is 2. The molecule has 45 heavy (non-hydrogen) atoms. The molecule has 0 amide bonds. The first-order valence-corrected chi connectivity index (χ1v) is 22.4. The highest BCUT2D eigenvalue weighted by Gasteiger charge is 2.12. The Bertz CT molecular complexity index is 664. The van der Waals surface area contributed by atoms with Gasteiger partial charge in [0.1, 0.15) is 0 Å². The number of rotatable bonds is 36. The van der Waals surface area contributed by atoms with Crippen LogP contribution in [0.3, 0.4) is 0 Å². The predicted molar refractivity (Wildman–Crippen MR) is 203 cm³/mol. The van der Waals surface area contributed by atoms with E-state index in [1.54, 1.807) is 34.9 Å². The smallest absolute Gasteiger partial charge is 0.175 e. The Kier molecular flexibility index (Phi) is 32.7. The van der Waals surface area contributed by atoms with E-state index >= 15 is 0 Å². The van der Waals surface area contributed by atoms with Gasteiger partial charge in [-0.15, -0.1) is 10.2 Å². The molecule has 2 atom stereocenters. The number of unbranched alkanes of at least 4 members (excludes halogenated alkanes) is 26. The number of hydrogen-bond donors (Lipinski definition) is 2. The Labute approximate surface area is 292 Å². The minimum atomic E-state index is -0.265. The summed E-state index contributed by atoms with van der Waals surface area (Å²) in [7, 11) is 0. The molecule has 0 aromatic carbocycles. The van der Waals surface area contributed by atoms with Crippen molar-refractivity contribution in [2.24, 2.45) is 0 Å². The number of hydrogen-bond acceptors (Lipinski definition) is 7. The molecule has 0 saturated carbocycles. The molecule has 0 aliphatic rings. The molecule has 7 heteroatoms. The summed E-state index contributed by atoms with van der Waals surface area (Å²) in [5.74, 6) is 1.39. The van der Waals surface area contributed by atoms with E-state index in [0.717, 1.165) is 34.4 Å². The molecule has 1 rings (SSSR count). The third-order valence-corrected chi connectivity index (χ3v) is 12.4. The molecule has 1 aromatic rings. The first-order chi connectivity index (χ1) is 22.2. The van der Waals surface area contributed by atoms with Gasteiger partial charge in [-0.2, -0.15) is 0 Å². The molecule has 0 saturated heterocycles. The number of aliphatic hydroxyl groups is 2. The highest BCUT2D eigenvalue weighted by molar-refractivity contribution is 8.03. The van der Waals surface area contributed by atoms with Crippen LogP contribution in [0.25, 0.3) is 0 Å². The molecular formula is C38H74N2O2S3. The zero-order chi connectivity index (χ0) is 32.5. The molecule has 0 spiro atoms. The summed E-state index contributed by atoms with van der Waals surface area (Å²) in [5, 5.41) is 29.4. The van der Waals surface area contributed by atoms with Gasteiger partial charge in [-0.25, -0.2) is 0 Å². The van der Waals surface area contributed by atoms with Crippen LogP contribution < -0.4 is 0 Å². The Morgan fingerprint density at radius 3 is 0.933 bits per heavy atom. The van der Waals surface area contributed by atoms with E-state index < -0.39 is 0 Å². The molecule has 2 unspecified atom stereocenters. The minimum Gasteiger partial charge on any atom is -0.392 e. The van der Waals surface area contributed by atoms with E-state index in [4.69, 9.17) is 0 Å². The molecule has 0 aliphatic heterocycles. The van der Waals surface area contributed by atoms with Gasteiger partial charge in [0.15, 0.2) is 8.68 Å². The van der Waals surface area contributed by atoms with Crippen molar-refractivity contribution in [2.45, 2.75) is 227 Å². The van der Waals surface area contributed by atoms with E-state index in [9.17, 15) is 10.2 Å². The minimum absolute atomic E-state index is 0.265. The Morgan fingerprint density at radius 2 is 0.667 bits per heavy atom. The summed E-state index contributed by atoms with van der Waals surface area (Å²) in [4.78, 5) is 0. The third-order valence-electron chi connectivity index (χ3n) is 8.97. The molecule has 0 bridgehead atoms. The largest absolute Gasteiger partial charge is 0.392 e. The average Bonchev–Trinajstić information content (AvgIpc) is 3.51. The lowest BCUT2D eigenvalue weighted by Crippen LogP contribution is -2.09. The van der Waals surface area contributed by atoms with Gasteiger partial charge in [-0.05, 0) is 12.8 Å². The summed E-state index contributed by atoms with van der Waals surface area (Å²) in [6, 6.07) is 0. The Morgan fingerprint density at radius 1 is 0.422 bits per heavy atom. The lowest BCUT2D eigenvalue weighted by atomic mass is 10.0. The third kappa shape index (κ3) is 30.0. The fourth-order valence-corrected chi connectivity index (χ4v) is 8.99. The van der Waals surface area contributed by atoms with Crippen LogP contribution in [0.5, 0.6) is 0 Å². The van der Waals surface area contributed by atoms with Crippen molar-refractivity contribution in [3.63, 3.8) is 0 Å². The normalized spacial score (nSPS) is 13.1. The van der Waals surface area contributed by atoms with Crippen molar-refractivity contribution in [3.05, 3.63) is 0 Å². The Hall–Kier alpha value is 0.180. The maximum Gasteiger partial charge on any atom is 0.175 e. The highest BCUT2D eigenvalue weighted by atomic mass is 32.2. The zero-order valence-corrected chi connectivity index (χ0v) is 32.2. The quantitative estimate of drug-likeness (QED) is 0.0541. The number of aliphatic hydroxyl groups excluding tert-OH is 2. The lowest BCUT2D eigenvalue weighted by Gasteiger charge is -2.09. The van der Waals surface area contributed by atoms with Crippen LogP contribution in [-0.2, 0) is 0 Å². The molecule has 0 fully saturated rings. The van der Waals surface area contributed by atoms with Crippen molar-refractivity contribution in [1.29, 1.82) is 0 Å². The average molecular weight is 687 g/mol. The van der Waals surface area contributed by atoms with Crippen LogP contribution in [-0.4, -0.2) is 44.1 Å². The van der Waals surface area contributed by atoms with Crippen LogP contribution >= 0.6 is 34.9 Å². The maximum absolute atomic E-state index is 10.4. The maximum atomic E-state index is 10.4. The van der Waals surface area contributed by atoms with Crippen molar-refractivity contribution in [1.82, 2.24) is 10.2 Å². The van der Waals surface area contributed by atoms with Crippen LogP contribution in [0, 0.1) is 0 Å². The van der Waals surface area contributed by atoms with Crippen molar-refractivity contribution < 1.29 is 10.2 Å². The van der Waals surface area contributed by atoms with E-state index in [0.29, 0.717) is 11.5 Å². The van der Waals surface area contributed by atoms with Crippen LogP contribution in [0.4, 0.5) is 0 Å². The highest BCUT2D eigenvalue weighted by Crippen LogP contribution is 2.30. The van der Waals surface area contributed by atoms with E-state index in [2.05, 4.69) is 24.0 Å². The second kappa shape index (κ2) is 34.1. The first-order valence-electron chi connectivity index (χ1n) is 19.6. The van der Waals surface area contributed by atoms with Gasteiger partial charge in [0.05, 0.1) is 12.2 Å². The first kappa shape index (κ1) is 43.2. The zero-order valence-electron chi connectivity index (χ0n) is 29.8. The van der Waals surface area contributed by atoms with Gasteiger partial charge in [-0.1, -0.05) is 228 Å². The van der Waals surface area contributed by atoms with Crippen LogP contribution in [0.1, 0.15) is 206 Å². The molecule has 1 aromatic heterocycles. The summed E-state index contributed by atoms with van der Waals surface area (Å²) in [6.07, 6.45) is 39.4. The van der Waals surface area contributed by atoms with Crippen molar-refractivity contribution in [3.8, 4) is 0 Å². The molecule has 4 nitrogen and oxygen atoms in total. The van der Waals surface area contributed by atoms with Gasteiger partial charge < -0.3 is 10.2 Å². The summed E-state index contributed by atoms with van der Waals surface area (Å²) in [6.45, 7) is 4.57.